The summed E-state index contributed by atoms with van der Waals surface area (Å²) in [5.41, 5.74) is 2.07. The first-order chi connectivity index (χ1) is 10.6. The number of benzene rings is 1. The molecule has 0 radical (unpaired) electrons. The van der Waals surface area contributed by atoms with Crippen molar-refractivity contribution in [3.8, 4) is 0 Å². The smallest absolute Gasteiger partial charge is 0.194 e. The molecule has 2 aromatic rings. The summed E-state index contributed by atoms with van der Waals surface area (Å²) in [6, 6.07) is 9.72. The second-order valence-electron chi connectivity index (χ2n) is 4.98. The van der Waals surface area contributed by atoms with Gasteiger partial charge in [0.1, 0.15) is 5.82 Å². The molecule has 5 nitrogen and oxygen atoms in total. The summed E-state index contributed by atoms with van der Waals surface area (Å²) in [7, 11) is 3.75. The molecule has 2 rings (SSSR count). The van der Waals surface area contributed by atoms with Gasteiger partial charge in [0.2, 0.25) is 0 Å². The lowest BCUT2D eigenvalue weighted by atomic mass is 10.2. The third-order valence-electron chi connectivity index (χ3n) is 3.14. The Bertz CT molecular complexity index is 662. The molecule has 0 saturated carbocycles. The standard InChI is InChI=1S/C16H20ClN5.HI/c1-12-19-8-7-15(21-12)10-20-16(18-2)22(3)11-13-5-4-6-14(17)9-13;/h4-9H,10-11H2,1-3H3,(H,18,20);1H. The van der Waals surface area contributed by atoms with E-state index in [-0.39, 0.29) is 24.0 Å². The molecule has 124 valence electrons. The van der Waals surface area contributed by atoms with Crippen LogP contribution in [-0.4, -0.2) is 34.9 Å². The van der Waals surface area contributed by atoms with Crippen molar-refractivity contribution in [2.24, 2.45) is 4.99 Å². The molecule has 0 atom stereocenters. The van der Waals surface area contributed by atoms with Crippen LogP contribution in [0.15, 0.2) is 41.5 Å². The minimum atomic E-state index is 0. The SMILES string of the molecule is CN=C(NCc1ccnc(C)n1)N(C)Cc1cccc(Cl)c1.I. The van der Waals surface area contributed by atoms with Gasteiger partial charge in [-0.3, -0.25) is 4.99 Å². The van der Waals surface area contributed by atoms with Crippen LogP contribution in [-0.2, 0) is 13.1 Å². The van der Waals surface area contributed by atoms with Crippen molar-refractivity contribution >= 4 is 41.5 Å². The number of rotatable bonds is 4. The zero-order chi connectivity index (χ0) is 15.9. The monoisotopic (exact) mass is 445 g/mol. The summed E-state index contributed by atoms with van der Waals surface area (Å²) >= 11 is 6.02. The molecule has 1 N–H and O–H groups in total. The van der Waals surface area contributed by atoms with Gasteiger partial charge in [0.05, 0.1) is 12.2 Å². The summed E-state index contributed by atoms with van der Waals surface area (Å²) in [6.07, 6.45) is 1.76. The summed E-state index contributed by atoms with van der Waals surface area (Å²) in [5, 5.41) is 4.04. The molecule has 1 heterocycles. The van der Waals surface area contributed by atoms with Gasteiger partial charge in [-0.05, 0) is 30.7 Å². The summed E-state index contributed by atoms with van der Waals surface area (Å²) in [4.78, 5) is 14.8. The number of aliphatic imine (C=N–C) groups is 1. The number of nitrogens with zero attached hydrogens (tertiary/aromatic N) is 4. The van der Waals surface area contributed by atoms with Crippen molar-refractivity contribution in [3.63, 3.8) is 0 Å². The van der Waals surface area contributed by atoms with Crippen LogP contribution >= 0.6 is 35.6 Å². The topological polar surface area (TPSA) is 53.4 Å². The molecular weight excluding hydrogens is 425 g/mol. The van der Waals surface area contributed by atoms with Crippen molar-refractivity contribution in [3.05, 3.63) is 58.6 Å². The number of hydrogen-bond acceptors (Lipinski definition) is 3. The first kappa shape index (κ1) is 19.6. The summed E-state index contributed by atoms with van der Waals surface area (Å²) in [5.74, 6) is 1.57. The highest BCUT2D eigenvalue weighted by Gasteiger charge is 2.07. The van der Waals surface area contributed by atoms with E-state index in [1.54, 1.807) is 13.2 Å². The molecule has 1 aromatic heterocycles. The second kappa shape index (κ2) is 9.67. The van der Waals surface area contributed by atoms with Crippen molar-refractivity contribution < 1.29 is 0 Å². The van der Waals surface area contributed by atoms with Gasteiger partial charge in [-0.2, -0.15) is 0 Å². The highest BCUT2D eigenvalue weighted by Crippen LogP contribution is 2.12. The highest BCUT2D eigenvalue weighted by molar-refractivity contribution is 14.0. The highest BCUT2D eigenvalue weighted by atomic mass is 127. The van der Waals surface area contributed by atoms with Crippen LogP contribution in [0.1, 0.15) is 17.1 Å². The van der Waals surface area contributed by atoms with E-state index in [2.05, 4.69) is 20.3 Å². The van der Waals surface area contributed by atoms with E-state index < -0.39 is 0 Å². The van der Waals surface area contributed by atoms with Crippen molar-refractivity contribution in [1.82, 2.24) is 20.2 Å². The summed E-state index contributed by atoms with van der Waals surface area (Å²) < 4.78 is 0. The fraction of sp³-hybridized carbons (Fsp3) is 0.312. The molecule has 0 aliphatic heterocycles. The van der Waals surface area contributed by atoms with Gasteiger partial charge in [0.25, 0.3) is 0 Å². The van der Waals surface area contributed by atoms with E-state index in [1.165, 1.54) is 0 Å². The molecule has 1 aromatic carbocycles. The van der Waals surface area contributed by atoms with Gasteiger partial charge in [0, 0.05) is 31.9 Å². The molecule has 0 spiro atoms. The maximum atomic E-state index is 6.02. The van der Waals surface area contributed by atoms with Crippen LogP contribution in [0.3, 0.4) is 0 Å². The fourth-order valence-electron chi connectivity index (χ4n) is 2.14. The molecule has 7 heteroatoms. The number of nitrogens with one attached hydrogen (secondary N) is 1. The third kappa shape index (κ3) is 6.31. The van der Waals surface area contributed by atoms with Gasteiger partial charge in [-0.15, -0.1) is 24.0 Å². The molecule has 0 aliphatic carbocycles. The maximum absolute atomic E-state index is 6.02. The summed E-state index contributed by atoms with van der Waals surface area (Å²) in [6.45, 7) is 3.21. The van der Waals surface area contributed by atoms with Crippen LogP contribution in [0, 0.1) is 6.92 Å². The zero-order valence-electron chi connectivity index (χ0n) is 13.5. The first-order valence-corrected chi connectivity index (χ1v) is 7.41. The fourth-order valence-corrected chi connectivity index (χ4v) is 2.35. The average Bonchev–Trinajstić information content (AvgIpc) is 2.48. The largest absolute Gasteiger partial charge is 0.351 e. The number of aryl methyl sites for hydroxylation is 1. The van der Waals surface area contributed by atoms with Gasteiger partial charge in [-0.1, -0.05) is 23.7 Å². The zero-order valence-corrected chi connectivity index (χ0v) is 16.5. The van der Waals surface area contributed by atoms with Crippen molar-refractivity contribution in [2.75, 3.05) is 14.1 Å². The Morgan fingerprint density at radius 3 is 2.78 bits per heavy atom. The minimum Gasteiger partial charge on any atom is -0.351 e. The van der Waals surface area contributed by atoms with E-state index in [0.29, 0.717) is 6.54 Å². The molecular formula is C16H21ClIN5. The number of halogens is 2. The van der Waals surface area contributed by atoms with Crippen molar-refractivity contribution in [1.29, 1.82) is 0 Å². The minimum absolute atomic E-state index is 0. The average molecular weight is 446 g/mol. The molecule has 0 unspecified atom stereocenters. The molecule has 23 heavy (non-hydrogen) atoms. The van der Waals surface area contributed by atoms with E-state index >= 15 is 0 Å². The predicted octanol–water partition coefficient (Wildman–Crippen LogP) is 3.26. The number of hydrogen-bond donors (Lipinski definition) is 1. The number of aromatic nitrogens is 2. The Hall–Kier alpha value is -1.41. The van der Waals surface area contributed by atoms with E-state index in [1.807, 2.05) is 49.2 Å². The Labute approximate surface area is 159 Å². The Kier molecular flexibility index (Phi) is 8.25. The Morgan fingerprint density at radius 1 is 1.35 bits per heavy atom. The van der Waals surface area contributed by atoms with Crippen molar-refractivity contribution in [2.45, 2.75) is 20.0 Å². The van der Waals surface area contributed by atoms with Crippen LogP contribution in [0.4, 0.5) is 0 Å². The first-order valence-electron chi connectivity index (χ1n) is 7.03. The lowest BCUT2D eigenvalue weighted by Crippen LogP contribution is -2.38. The maximum Gasteiger partial charge on any atom is 0.194 e. The van der Waals surface area contributed by atoms with E-state index in [4.69, 9.17) is 11.6 Å². The molecule has 0 bridgehead atoms. The van der Waals surface area contributed by atoms with Gasteiger partial charge < -0.3 is 10.2 Å². The normalized spacial score (nSPS) is 10.9. The van der Waals surface area contributed by atoms with E-state index in [0.717, 1.165) is 34.6 Å². The van der Waals surface area contributed by atoms with Crippen LogP contribution < -0.4 is 5.32 Å². The second-order valence-corrected chi connectivity index (χ2v) is 5.42. The molecule has 0 amide bonds. The predicted molar refractivity (Wildman–Crippen MR) is 105 cm³/mol. The number of guanidine groups is 1. The van der Waals surface area contributed by atoms with E-state index in [9.17, 15) is 0 Å². The molecule has 0 aliphatic rings. The van der Waals surface area contributed by atoms with Gasteiger partial charge in [0.15, 0.2) is 5.96 Å². The quantitative estimate of drug-likeness (QED) is 0.446. The van der Waals surface area contributed by atoms with Gasteiger partial charge >= 0.3 is 0 Å². The lowest BCUT2D eigenvalue weighted by molar-refractivity contribution is 0.476. The third-order valence-corrected chi connectivity index (χ3v) is 3.38. The van der Waals surface area contributed by atoms with Crippen LogP contribution in [0.2, 0.25) is 5.02 Å². The Balaban J connectivity index is 0.00000264. The van der Waals surface area contributed by atoms with Crippen LogP contribution in [0.5, 0.6) is 0 Å². The van der Waals surface area contributed by atoms with Crippen LogP contribution in [0.25, 0.3) is 0 Å². The lowest BCUT2D eigenvalue weighted by Gasteiger charge is -2.22. The molecule has 0 fully saturated rings. The Morgan fingerprint density at radius 2 is 2.13 bits per heavy atom. The molecule has 0 saturated heterocycles. The van der Waals surface area contributed by atoms with Gasteiger partial charge in [-0.25, -0.2) is 9.97 Å².